The van der Waals surface area contributed by atoms with Crippen molar-refractivity contribution < 1.29 is 22.3 Å². The highest BCUT2D eigenvalue weighted by molar-refractivity contribution is 7.89. The molecule has 0 aliphatic carbocycles. The van der Waals surface area contributed by atoms with Gasteiger partial charge in [0, 0.05) is 5.56 Å². The fraction of sp³-hybridized carbons (Fsp3) is 0.105. The van der Waals surface area contributed by atoms with Crippen LogP contribution in [0.2, 0.25) is 0 Å². The van der Waals surface area contributed by atoms with Gasteiger partial charge in [-0.1, -0.05) is 0 Å². The van der Waals surface area contributed by atoms with Crippen LogP contribution in [0, 0.1) is 5.82 Å². The minimum atomic E-state index is -3.80. The number of halogens is 1. The summed E-state index contributed by atoms with van der Waals surface area (Å²) in [5, 5.41) is 0. The van der Waals surface area contributed by atoms with Crippen LogP contribution in [0.15, 0.2) is 65.8 Å². The lowest BCUT2D eigenvalue weighted by Crippen LogP contribution is -2.23. The number of esters is 1. The number of ether oxygens (including phenoxy) is 1. The van der Waals surface area contributed by atoms with Gasteiger partial charge in [-0.2, -0.15) is 0 Å². The van der Waals surface area contributed by atoms with Gasteiger partial charge in [0.2, 0.25) is 10.0 Å². The van der Waals surface area contributed by atoms with Gasteiger partial charge >= 0.3 is 5.97 Å². The van der Waals surface area contributed by atoms with Gasteiger partial charge in [-0.15, -0.1) is 0 Å². The first-order valence-corrected chi connectivity index (χ1v) is 9.62. The quantitative estimate of drug-likeness (QED) is 0.638. The Morgan fingerprint density at radius 1 is 1.07 bits per heavy atom. The Bertz CT molecular complexity index is 1080. The summed E-state index contributed by atoms with van der Waals surface area (Å²) in [6.45, 7) is -0.0577. The van der Waals surface area contributed by atoms with E-state index < -0.39 is 16.0 Å². The zero-order valence-corrected chi connectivity index (χ0v) is 15.6. The number of rotatable bonds is 6. The van der Waals surface area contributed by atoms with Crippen LogP contribution in [0.4, 0.5) is 4.39 Å². The fourth-order valence-corrected chi connectivity index (χ4v) is 3.41. The molecule has 2 aromatic carbocycles. The lowest BCUT2D eigenvalue weighted by Gasteiger charge is -2.08. The van der Waals surface area contributed by atoms with Gasteiger partial charge in [0.05, 0.1) is 35.5 Å². The number of carbonyl (C=O) groups excluding carboxylic acids is 1. The average Bonchev–Trinajstić information content (AvgIpc) is 2.72. The van der Waals surface area contributed by atoms with E-state index in [0.29, 0.717) is 17.0 Å². The highest BCUT2D eigenvalue weighted by Crippen LogP contribution is 2.18. The zero-order chi connectivity index (χ0) is 20.1. The smallest absolute Gasteiger partial charge is 0.337 e. The molecule has 7 nitrogen and oxygen atoms in total. The van der Waals surface area contributed by atoms with Gasteiger partial charge in [0.15, 0.2) is 0 Å². The zero-order valence-electron chi connectivity index (χ0n) is 14.8. The van der Waals surface area contributed by atoms with Gasteiger partial charge in [0.1, 0.15) is 12.1 Å². The number of hydrogen-bond acceptors (Lipinski definition) is 6. The first-order valence-electron chi connectivity index (χ1n) is 8.14. The van der Waals surface area contributed by atoms with Crippen molar-refractivity contribution in [3.05, 3.63) is 78.0 Å². The largest absolute Gasteiger partial charge is 0.465 e. The van der Waals surface area contributed by atoms with Crippen molar-refractivity contribution in [3.63, 3.8) is 0 Å². The molecule has 0 radical (unpaired) electrons. The van der Waals surface area contributed by atoms with Crippen LogP contribution in [0.3, 0.4) is 0 Å². The third kappa shape index (κ3) is 4.56. The fourth-order valence-electron chi connectivity index (χ4n) is 2.41. The van der Waals surface area contributed by atoms with E-state index in [0.717, 1.165) is 0 Å². The Kier molecular flexibility index (Phi) is 5.76. The van der Waals surface area contributed by atoms with E-state index in [-0.39, 0.29) is 22.8 Å². The van der Waals surface area contributed by atoms with E-state index in [1.54, 1.807) is 18.2 Å². The van der Waals surface area contributed by atoms with Crippen molar-refractivity contribution in [1.82, 2.24) is 14.7 Å². The summed E-state index contributed by atoms with van der Waals surface area (Å²) in [6, 6.07) is 12.8. The maximum atomic E-state index is 13.0. The van der Waals surface area contributed by atoms with Gasteiger partial charge in [0.25, 0.3) is 0 Å². The standard InChI is InChI=1S/C19H16FN3O4S/c1-27-19(24)14-4-8-17(9-5-14)28(25,26)23-11-16-10-18(22-12-21-16)13-2-6-15(20)7-3-13/h2-10,12,23H,11H2,1H3. The molecule has 28 heavy (non-hydrogen) atoms. The highest BCUT2D eigenvalue weighted by Gasteiger charge is 2.15. The number of carbonyl (C=O) groups is 1. The molecule has 0 fully saturated rings. The Morgan fingerprint density at radius 2 is 1.75 bits per heavy atom. The number of nitrogens with one attached hydrogen (secondary N) is 1. The number of aromatic nitrogens is 2. The summed E-state index contributed by atoms with van der Waals surface area (Å²) in [4.78, 5) is 19.6. The van der Waals surface area contributed by atoms with E-state index in [1.807, 2.05) is 0 Å². The van der Waals surface area contributed by atoms with Crippen LogP contribution in [-0.2, 0) is 21.3 Å². The van der Waals surface area contributed by atoms with E-state index in [9.17, 15) is 17.6 Å². The summed E-state index contributed by atoms with van der Waals surface area (Å²) < 4.78 is 45.0. The lowest BCUT2D eigenvalue weighted by atomic mass is 10.1. The second kappa shape index (κ2) is 8.24. The van der Waals surface area contributed by atoms with E-state index >= 15 is 0 Å². The Hall–Kier alpha value is -3.17. The molecule has 1 heterocycles. The van der Waals surface area contributed by atoms with Crippen LogP contribution >= 0.6 is 0 Å². The Labute approximate surface area is 161 Å². The van der Waals surface area contributed by atoms with E-state index in [1.165, 1.54) is 49.8 Å². The number of hydrogen-bond donors (Lipinski definition) is 1. The molecule has 0 aliphatic rings. The molecular formula is C19H16FN3O4S. The van der Waals surface area contributed by atoms with Crippen LogP contribution in [-0.4, -0.2) is 31.5 Å². The maximum Gasteiger partial charge on any atom is 0.337 e. The predicted molar refractivity (Wildman–Crippen MR) is 99.2 cm³/mol. The molecule has 3 rings (SSSR count). The molecule has 0 saturated carbocycles. The molecular weight excluding hydrogens is 385 g/mol. The van der Waals surface area contributed by atoms with Gasteiger partial charge in [-0.3, -0.25) is 0 Å². The van der Waals surface area contributed by atoms with Gasteiger partial charge in [-0.25, -0.2) is 32.3 Å². The monoisotopic (exact) mass is 401 g/mol. The van der Waals surface area contributed by atoms with E-state index in [4.69, 9.17) is 0 Å². The molecule has 0 bridgehead atoms. The number of benzene rings is 2. The molecule has 0 amide bonds. The van der Waals surface area contributed by atoms with E-state index in [2.05, 4.69) is 19.4 Å². The van der Waals surface area contributed by atoms with Gasteiger partial charge in [-0.05, 0) is 54.6 Å². The molecule has 0 aliphatic heterocycles. The molecule has 0 saturated heterocycles. The van der Waals surface area contributed by atoms with Crippen LogP contribution in [0.25, 0.3) is 11.3 Å². The molecule has 0 unspecified atom stereocenters. The summed E-state index contributed by atoms with van der Waals surface area (Å²) in [5.74, 6) is -0.907. The topological polar surface area (TPSA) is 98.2 Å². The third-order valence-corrected chi connectivity index (χ3v) is 5.31. The van der Waals surface area contributed by atoms with Crippen molar-refractivity contribution in [3.8, 4) is 11.3 Å². The normalized spacial score (nSPS) is 11.2. The van der Waals surface area contributed by atoms with Crippen LogP contribution < -0.4 is 4.72 Å². The summed E-state index contributed by atoms with van der Waals surface area (Å²) in [5.41, 5.74) is 1.93. The molecule has 144 valence electrons. The second-order valence-electron chi connectivity index (χ2n) is 5.74. The first kappa shape index (κ1) is 19.6. The predicted octanol–water partition coefficient (Wildman–Crippen LogP) is 2.55. The molecule has 9 heteroatoms. The molecule has 1 aromatic heterocycles. The molecule has 0 atom stereocenters. The lowest BCUT2D eigenvalue weighted by molar-refractivity contribution is 0.0600. The highest BCUT2D eigenvalue weighted by atomic mass is 32.2. The maximum absolute atomic E-state index is 13.0. The minimum Gasteiger partial charge on any atom is -0.465 e. The number of sulfonamides is 1. The molecule has 0 spiro atoms. The SMILES string of the molecule is COC(=O)c1ccc(S(=O)(=O)NCc2cc(-c3ccc(F)cc3)ncn2)cc1. The van der Waals surface area contributed by atoms with Gasteiger partial charge < -0.3 is 4.74 Å². The second-order valence-corrected chi connectivity index (χ2v) is 7.51. The minimum absolute atomic E-state index is 0.00738. The molecule has 3 aromatic rings. The number of nitrogens with zero attached hydrogens (tertiary/aromatic N) is 2. The summed E-state index contributed by atoms with van der Waals surface area (Å²) in [7, 11) is -2.56. The summed E-state index contributed by atoms with van der Waals surface area (Å²) in [6.07, 6.45) is 1.31. The third-order valence-electron chi connectivity index (χ3n) is 3.89. The van der Waals surface area contributed by atoms with Crippen LogP contribution in [0.5, 0.6) is 0 Å². The Morgan fingerprint density at radius 3 is 2.39 bits per heavy atom. The van der Waals surface area contributed by atoms with Crippen molar-refractivity contribution in [1.29, 1.82) is 0 Å². The van der Waals surface area contributed by atoms with Crippen molar-refractivity contribution in [2.45, 2.75) is 11.4 Å². The Balaban J connectivity index is 1.73. The van der Waals surface area contributed by atoms with Crippen molar-refractivity contribution in [2.75, 3.05) is 7.11 Å². The van der Waals surface area contributed by atoms with Crippen molar-refractivity contribution in [2.24, 2.45) is 0 Å². The van der Waals surface area contributed by atoms with Crippen LogP contribution in [0.1, 0.15) is 16.1 Å². The van der Waals surface area contributed by atoms with Crippen molar-refractivity contribution >= 4 is 16.0 Å². The number of methoxy groups -OCH3 is 1. The first-order chi connectivity index (χ1) is 13.4. The average molecular weight is 401 g/mol. The summed E-state index contributed by atoms with van der Waals surface area (Å²) >= 11 is 0. The molecule has 1 N–H and O–H groups in total.